The number of aliphatic imine (C=N–C) groups is 1. The van der Waals surface area contributed by atoms with Crippen LogP contribution in [0.1, 0.15) is 16.1 Å². The lowest BCUT2D eigenvalue weighted by Gasteiger charge is -1.99. The van der Waals surface area contributed by atoms with E-state index in [-0.39, 0.29) is 11.5 Å². The first-order chi connectivity index (χ1) is 6.19. The van der Waals surface area contributed by atoms with Crippen LogP contribution < -0.4 is 0 Å². The third kappa shape index (κ3) is 1.79. The minimum absolute atomic E-state index is 0.0481. The number of aromatic carboxylic acids is 1. The summed E-state index contributed by atoms with van der Waals surface area (Å²) in [7, 11) is 0. The first-order valence-corrected chi connectivity index (χ1v) is 3.52. The molecular weight excluding hydrogens is 168 g/mol. The van der Waals surface area contributed by atoms with Gasteiger partial charge in [0.15, 0.2) is 11.5 Å². The van der Waals surface area contributed by atoms with Crippen molar-refractivity contribution in [2.45, 2.75) is 0 Å². The van der Waals surface area contributed by atoms with Gasteiger partial charge in [-0.25, -0.2) is 14.8 Å². The highest BCUT2D eigenvalue weighted by Gasteiger charge is 2.06. The zero-order valence-corrected chi connectivity index (χ0v) is 6.90. The molecule has 66 valence electrons. The average Bonchev–Trinajstić information content (AvgIpc) is 2.16. The van der Waals surface area contributed by atoms with Crippen molar-refractivity contribution >= 4 is 24.6 Å². The third-order valence-electron chi connectivity index (χ3n) is 1.49. The van der Waals surface area contributed by atoms with Crippen LogP contribution in [0.2, 0.25) is 0 Å². The van der Waals surface area contributed by atoms with E-state index >= 15 is 0 Å². The topological polar surface area (TPSA) is 62.5 Å². The maximum absolute atomic E-state index is 10.5. The lowest BCUT2D eigenvalue weighted by Crippen LogP contribution is -1.99. The fourth-order valence-corrected chi connectivity index (χ4v) is 0.864. The molecule has 0 aliphatic rings. The van der Waals surface area contributed by atoms with Gasteiger partial charge in [0.1, 0.15) is 0 Å². The van der Waals surface area contributed by atoms with Gasteiger partial charge in [0.25, 0.3) is 0 Å². The van der Waals surface area contributed by atoms with Gasteiger partial charge in [-0.3, -0.25) is 0 Å². The molecular formula is C9H8N2O2. The van der Waals surface area contributed by atoms with Gasteiger partial charge in [0, 0.05) is 5.56 Å². The van der Waals surface area contributed by atoms with Crippen LogP contribution in [0.5, 0.6) is 0 Å². The molecule has 4 nitrogen and oxygen atoms in total. The molecule has 0 aromatic carbocycles. The van der Waals surface area contributed by atoms with Crippen molar-refractivity contribution in [2.75, 3.05) is 0 Å². The van der Waals surface area contributed by atoms with E-state index in [2.05, 4.69) is 23.3 Å². The van der Waals surface area contributed by atoms with E-state index in [0.717, 1.165) is 0 Å². The Morgan fingerprint density at radius 3 is 2.77 bits per heavy atom. The fraction of sp³-hybridized carbons (Fsp3) is 0. The van der Waals surface area contributed by atoms with Crippen molar-refractivity contribution < 1.29 is 9.90 Å². The van der Waals surface area contributed by atoms with Gasteiger partial charge in [-0.15, -0.1) is 0 Å². The predicted molar refractivity (Wildman–Crippen MR) is 50.5 cm³/mol. The zero-order valence-electron chi connectivity index (χ0n) is 6.90. The molecule has 0 saturated heterocycles. The van der Waals surface area contributed by atoms with Crippen LogP contribution >= 0.6 is 0 Å². The smallest absolute Gasteiger partial charge is 0.354 e. The molecule has 1 aromatic heterocycles. The van der Waals surface area contributed by atoms with E-state index in [1.54, 1.807) is 12.1 Å². The van der Waals surface area contributed by atoms with E-state index in [4.69, 9.17) is 5.11 Å². The molecule has 0 aliphatic heterocycles. The predicted octanol–water partition coefficient (Wildman–Crippen LogP) is 1.75. The number of pyridine rings is 1. The molecule has 1 aromatic rings. The summed E-state index contributed by atoms with van der Waals surface area (Å²) >= 11 is 0. The molecule has 0 aliphatic carbocycles. The number of aromatic nitrogens is 1. The first-order valence-electron chi connectivity index (χ1n) is 3.52. The van der Waals surface area contributed by atoms with Crippen molar-refractivity contribution in [3.63, 3.8) is 0 Å². The maximum atomic E-state index is 10.5. The standard InChI is InChI=1S/C9H8N2O2/c1-3-6-4-5-7(9(12)13)11-8(6)10-2/h3-5H,1-2H2,(H,12,13). The monoisotopic (exact) mass is 176 g/mol. The van der Waals surface area contributed by atoms with Crippen LogP contribution in [0.25, 0.3) is 6.08 Å². The highest BCUT2D eigenvalue weighted by Crippen LogP contribution is 2.17. The third-order valence-corrected chi connectivity index (χ3v) is 1.49. The normalized spacial score (nSPS) is 9.23. The highest BCUT2D eigenvalue weighted by atomic mass is 16.4. The van der Waals surface area contributed by atoms with Gasteiger partial charge >= 0.3 is 5.97 Å². The summed E-state index contributed by atoms with van der Waals surface area (Å²) in [6, 6.07) is 2.99. The van der Waals surface area contributed by atoms with Crippen molar-refractivity contribution in [1.29, 1.82) is 0 Å². The SMILES string of the molecule is C=Cc1ccc(C(=O)O)nc1N=C. The molecule has 13 heavy (non-hydrogen) atoms. The van der Waals surface area contributed by atoms with Gasteiger partial charge in [-0.2, -0.15) is 0 Å². The van der Waals surface area contributed by atoms with Crippen molar-refractivity contribution in [3.05, 3.63) is 30.0 Å². The lowest BCUT2D eigenvalue weighted by molar-refractivity contribution is 0.0690. The second-order valence-electron chi connectivity index (χ2n) is 2.28. The molecule has 0 amide bonds. The Hall–Kier alpha value is -1.97. The Balaban J connectivity index is 3.28. The van der Waals surface area contributed by atoms with Gasteiger partial charge in [-0.1, -0.05) is 12.7 Å². The van der Waals surface area contributed by atoms with Crippen LogP contribution in [-0.2, 0) is 0 Å². The summed E-state index contributed by atoms with van der Waals surface area (Å²) in [5, 5.41) is 8.62. The molecule has 0 fully saturated rings. The maximum Gasteiger partial charge on any atom is 0.354 e. The minimum Gasteiger partial charge on any atom is -0.477 e. The lowest BCUT2D eigenvalue weighted by atomic mass is 10.2. The van der Waals surface area contributed by atoms with Gasteiger partial charge < -0.3 is 5.11 Å². The molecule has 1 heterocycles. The van der Waals surface area contributed by atoms with Crippen LogP contribution in [0.4, 0.5) is 5.82 Å². The number of hydrogen-bond donors (Lipinski definition) is 1. The number of hydrogen-bond acceptors (Lipinski definition) is 3. The van der Waals surface area contributed by atoms with Crippen LogP contribution in [0.3, 0.4) is 0 Å². The number of rotatable bonds is 3. The summed E-state index contributed by atoms with van der Waals surface area (Å²) in [5.41, 5.74) is 0.619. The van der Waals surface area contributed by atoms with Gasteiger partial charge in [0.2, 0.25) is 0 Å². The highest BCUT2D eigenvalue weighted by molar-refractivity contribution is 5.86. The number of nitrogens with zero attached hydrogens (tertiary/aromatic N) is 2. The Morgan fingerprint density at radius 1 is 1.62 bits per heavy atom. The van der Waals surface area contributed by atoms with Crippen LogP contribution in [-0.4, -0.2) is 22.8 Å². The number of carboxylic acid groups (broad SMARTS) is 1. The van der Waals surface area contributed by atoms with E-state index < -0.39 is 5.97 Å². The Kier molecular flexibility index (Phi) is 2.54. The van der Waals surface area contributed by atoms with Crippen LogP contribution in [0.15, 0.2) is 23.7 Å². The quantitative estimate of drug-likeness (QED) is 0.713. The fourth-order valence-electron chi connectivity index (χ4n) is 0.864. The van der Waals surface area contributed by atoms with Gasteiger partial charge in [0.05, 0.1) is 0 Å². The van der Waals surface area contributed by atoms with E-state index in [9.17, 15) is 4.79 Å². The Morgan fingerprint density at radius 2 is 2.31 bits per heavy atom. The van der Waals surface area contributed by atoms with Gasteiger partial charge in [-0.05, 0) is 18.9 Å². The molecule has 1 rings (SSSR count). The molecule has 0 radical (unpaired) electrons. The molecule has 0 bridgehead atoms. The molecule has 0 atom stereocenters. The molecule has 0 spiro atoms. The zero-order chi connectivity index (χ0) is 9.84. The summed E-state index contributed by atoms with van der Waals surface area (Å²) in [6.07, 6.45) is 1.54. The summed E-state index contributed by atoms with van der Waals surface area (Å²) in [5.74, 6) is -0.796. The number of carbonyl (C=O) groups is 1. The molecule has 4 heteroatoms. The second-order valence-corrected chi connectivity index (χ2v) is 2.28. The Bertz CT molecular complexity index is 372. The molecule has 1 N–H and O–H groups in total. The van der Waals surface area contributed by atoms with E-state index in [1.807, 2.05) is 0 Å². The average molecular weight is 176 g/mol. The largest absolute Gasteiger partial charge is 0.477 e. The molecule has 0 saturated carbocycles. The van der Waals surface area contributed by atoms with E-state index in [0.29, 0.717) is 5.56 Å². The van der Waals surface area contributed by atoms with E-state index in [1.165, 1.54) is 6.07 Å². The molecule has 0 unspecified atom stereocenters. The van der Waals surface area contributed by atoms with Crippen molar-refractivity contribution in [1.82, 2.24) is 4.98 Å². The minimum atomic E-state index is -1.08. The Labute approximate surface area is 75.3 Å². The summed E-state index contributed by atoms with van der Waals surface area (Å²) in [6.45, 7) is 6.83. The summed E-state index contributed by atoms with van der Waals surface area (Å²) < 4.78 is 0. The first kappa shape index (κ1) is 9.12. The summed E-state index contributed by atoms with van der Waals surface area (Å²) in [4.78, 5) is 17.9. The van der Waals surface area contributed by atoms with Crippen molar-refractivity contribution in [3.8, 4) is 0 Å². The van der Waals surface area contributed by atoms with Crippen molar-refractivity contribution in [2.24, 2.45) is 4.99 Å². The van der Waals surface area contributed by atoms with Crippen LogP contribution in [0, 0.1) is 0 Å². The second kappa shape index (κ2) is 3.62. The number of carboxylic acids is 1.